The number of esters is 1. The quantitative estimate of drug-likeness (QED) is 0.770. The van der Waals surface area contributed by atoms with Gasteiger partial charge < -0.3 is 10.1 Å². The normalized spacial score (nSPS) is 9.88. The molecule has 0 radical (unpaired) electrons. The first-order chi connectivity index (χ1) is 7.76. The number of hydrogen-bond donors (Lipinski definition) is 1. The number of methoxy groups -OCH3 is 1. The van der Waals surface area contributed by atoms with Crippen molar-refractivity contribution in [3.8, 4) is 0 Å². The van der Waals surface area contributed by atoms with Crippen molar-refractivity contribution in [1.82, 2.24) is 4.98 Å². The molecule has 1 aromatic rings. The van der Waals surface area contributed by atoms with Gasteiger partial charge in [0.05, 0.1) is 12.9 Å². The summed E-state index contributed by atoms with van der Waals surface area (Å²) in [5.41, 5.74) is 1.15. The molecule has 0 fully saturated rings. The summed E-state index contributed by atoms with van der Waals surface area (Å²) in [7, 11) is 1.40. The van der Waals surface area contributed by atoms with Gasteiger partial charge in [-0.25, -0.2) is 4.98 Å². The van der Waals surface area contributed by atoms with Crippen molar-refractivity contribution in [2.24, 2.45) is 0 Å². The van der Waals surface area contributed by atoms with Crippen LogP contribution in [-0.4, -0.2) is 30.4 Å². The molecule has 0 aliphatic heterocycles. The summed E-state index contributed by atoms with van der Waals surface area (Å²) >= 11 is 1.54. The molecule has 1 aromatic heterocycles. The average Bonchev–Trinajstić information content (AvgIpc) is 2.30. The zero-order valence-corrected chi connectivity index (χ0v) is 10.3. The third-order valence-electron chi connectivity index (χ3n) is 1.90. The molecule has 1 heterocycles. The first-order valence-corrected chi connectivity index (χ1v) is 6.25. The number of rotatable bonds is 6. The first-order valence-electron chi connectivity index (χ1n) is 5.09. The Hall–Kier alpha value is -1.23. The Morgan fingerprint density at radius 1 is 1.62 bits per heavy atom. The highest BCUT2D eigenvalue weighted by molar-refractivity contribution is 7.99. The maximum Gasteiger partial charge on any atom is 0.315 e. The van der Waals surface area contributed by atoms with Crippen LogP contribution in [0.15, 0.2) is 18.3 Å². The molecule has 0 aliphatic carbocycles. The summed E-state index contributed by atoms with van der Waals surface area (Å²) in [5, 5.41) is 3.15. The van der Waals surface area contributed by atoms with Gasteiger partial charge in [0.15, 0.2) is 0 Å². The third kappa shape index (κ3) is 4.53. The number of hydrogen-bond acceptors (Lipinski definition) is 5. The molecule has 0 spiro atoms. The molecule has 16 heavy (non-hydrogen) atoms. The molecule has 5 heteroatoms. The van der Waals surface area contributed by atoms with E-state index in [4.69, 9.17) is 0 Å². The van der Waals surface area contributed by atoms with Crippen LogP contribution in [0, 0.1) is 0 Å². The lowest BCUT2D eigenvalue weighted by atomic mass is 10.3. The number of pyridine rings is 1. The highest BCUT2D eigenvalue weighted by Crippen LogP contribution is 2.14. The highest BCUT2D eigenvalue weighted by atomic mass is 32.2. The van der Waals surface area contributed by atoms with Gasteiger partial charge in [0.2, 0.25) is 0 Å². The second-order valence-electron chi connectivity index (χ2n) is 3.15. The monoisotopic (exact) mass is 240 g/mol. The van der Waals surface area contributed by atoms with Gasteiger partial charge in [-0.15, -0.1) is 11.8 Å². The summed E-state index contributed by atoms with van der Waals surface area (Å²) in [4.78, 5) is 15.1. The van der Waals surface area contributed by atoms with E-state index < -0.39 is 0 Å². The topological polar surface area (TPSA) is 51.2 Å². The summed E-state index contributed by atoms with van der Waals surface area (Å²) in [6.07, 6.45) is 1.77. The van der Waals surface area contributed by atoms with E-state index in [9.17, 15) is 4.79 Å². The molecule has 0 aromatic carbocycles. The average molecular weight is 240 g/mol. The van der Waals surface area contributed by atoms with E-state index in [1.54, 1.807) is 6.20 Å². The fourth-order valence-corrected chi connectivity index (χ4v) is 1.95. The maximum absolute atomic E-state index is 10.9. The Morgan fingerprint density at radius 3 is 3.12 bits per heavy atom. The number of anilines is 1. The van der Waals surface area contributed by atoms with Gasteiger partial charge in [0, 0.05) is 18.5 Å². The van der Waals surface area contributed by atoms with Crippen LogP contribution in [0.2, 0.25) is 0 Å². The summed E-state index contributed by atoms with van der Waals surface area (Å²) < 4.78 is 4.57. The zero-order chi connectivity index (χ0) is 11.8. The fraction of sp³-hybridized carbons (Fsp3) is 0.455. The molecule has 0 saturated carbocycles. The minimum absolute atomic E-state index is 0.189. The van der Waals surface area contributed by atoms with Crippen molar-refractivity contribution in [3.63, 3.8) is 0 Å². The number of nitrogens with zero attached hydrogens (tertiary/aromatic N) is 1. The molecular weight excluding hydrogens is 224 g/mol. The van der Waals surface area contributed by atoms with Crippen molar-refractivity contribution >= 4 is 23.5 Å². The molecule has 0 unspecified atom stereocenters. The molecule has 0 atom stereocenters. The minimum atomic E-state index is -0.189. The second kappa shape index (κ2) is 7.11. The van der Waals surface area contributed by atoms with Gasteiger partial charge >= 0.3 is 5.97 Å². The van der Waals surface area contributed by atoms with Crippen molar-refractivity contribution in [3.05, 3.63) is 23.9 Å². The number of nitrogens with one attached hydrogen (secondary N) is 1. The van der Waals surface area contributed by atoms with Crippen molar-refractivity contribution in [2.75, 3.05) is 24.7 Å². The molecule has 0 amide bonds. The lowest BCUT2D eigenvalue weighted by molar-refractivity contribution is -0.137. The van der Waals surface area contributed by atoms with E-state index >= 15 is 0 Å². The lowest BCUT2D eigenvalue weighted by Gasteiger charge is -2.05. The molecule has 1 N–H and O–H groups in total. The van der Waals surface area contributed by atoms with E-state index in [1.807, 2.05) is 19.1 Å². The third-order valence-corrected chi connectivity index (χ3v) is 2.88. The smallest absolute Gasteiger partial charge is 0.315 e. The molecule has 1 rings (SSSR count). The molecule has 0 bridgehead atoms. The first kappa shape index (κ1) is 12.8. The van der Waals surface area contributed by atoms with Gasteiger partial charge in [0.1, 0.15) is 5.82 Å². The Morgan fingerprint density at radius 2 is 2.44 bits per heavy atom. The summed E-state index contributed by atoms with van der Waals surface area (Å²) in [6, 6.07) is 3.94. The van der Waals surface area contributed by atoms with Crippen LogP contribution < -0.4 is 5.32 Å². The minimum Gasteiger partial charge on any atom is -0.468 e. The van der Waals surface area contributed by atoms with Crippen LogP contribution in [-0.2, 0) is 15.3 Å². The number of carbonyl (C=O) groups is 1. The van der Waals surface area contributed by atoms with E-state index in [1.165, 1.54) is 18.9 Å². The number of ether oxygens (including phenoxy) is 1. The molecule has 0 aliphatic rings. The maximum atomic E-state index is 10.9. The van der Waals surface area contributed by atoms with E-state index in [0.29, 0.717) is 5.75 Å². The Balaban J connectivity index is 2.41. The van der Waals surface area contributed by atoms with Crippen LogP contribution in [0.1, 0.15) is 12.5 Å². The van der Waals surface area contributed by atoms with Crippen LogP contribution in [0.5, 0.6) is 0 Å². The van der Waals surface area contributed by atoms with Crippen LogP contribution in [0.3, 0.4) is 0 Å². The SMILES string of the molecule is CCNc1cc(CSCC(=O)OC)ccn1. The summed E-state index contributed by atoms with van der Waals surface area (Å²) in [6.45, 7) is 2.88. The Kier molecular flexibility index (Phi) is 5.71. The van der Waals surface area contributed by atoms with Gasteiger partial charge in [-0.2, -0.15) is 0 Å². The predicted molar refractivity (Wildman–Crippen MR) is 66.6 cm³/mol. The number of thioether (sulfide) groups is 1. The van der Waals surface area contributed by atoms with Crippen molar-refractivity contribution in [1.29, 1.82) is 0 Å². The van der Waals surface area contributed by atoms with Gasteiger partial charge in [-0.05, 0) is 24.6 Å². The van der Waals surface area contributed by atoms with E-state index in [2.05, 4.69) is 15.0 Å². The van der Waals surface area contributed by atoms with E-state index in [0.717, 1.165) is 23.7 Å². The molecule has 4 nitrogen and oxygen atoms in total. The van der Waals surface area contributed by atoms with Gasteiger partial charge in [-0.3, -0.25) is 4.79 Å². The Labute approximate surface area is 99.8 Å². The predicted octanol–water partition coefficient (Wildman–Crippen LogP) is 1.92. The fourth-order valence-electron chi connectivity index (χ4n) is 1.15. The standard InChI is InChI=1S/C11H16N2O2S/c1-3-12-10-6-9(4-5-13-10)7-16-8-11(14)15-2/h4-6H,3,7-8H2,1-2H3,(H,12,13). The zero-order valence-electron chi connectivity index (χ0n) is 9.53. The molecular formula is C11H16N2O2S. The Bertz CT molecular complexity index is 345. The van der Waals surface area contributed by atoms with Crippen molar-refractivity contribution < 1.29 is 9.53 Å². The van der Waals surface area contributed by atoms with Crippen LogP contribution in [0.4, 0.5) is 5.82 Å². The number of aromatic nitrogens is 1. The summed E-state index contributed by atoms with van der Waals surface area (Å²) in [5.74, 6) is 1.86. The van der Waals surface area contributed by atoms with E-state index in [-0.39, 0.29) is 5.97 Å². The second-order valence-corrected chi connectivity index (χ2v) is 4.13. The van der Waals surface area contributed by atoms with Crippen LogP contribution >= 0.6 is 11.8 Å². The number of carbonyl (C=O) groups excluding carboxylic acids is 1. The molecule has 0 saturated heterocycles. The van der Waals surface area contributed by atoms with Crippen molar-refractivity contribution in [2.45, 2.75) is 12.7 Å². The largest absolute Gasteiger partial charge is 0.468 e. The molecule has 88 valence electrons. The van der Waals surface area contributed by atoms with Crippen LogP contribution in [0.25, 0.3) is 0 Å². The van der Waals surface area contributed by atoms with Gasteiger partial charge in [0.25, 0.3) is 0 Å². The lowest BCUT2D eigenvalue weighted by Crippen LogP contribution is -2.03. The van der Waals surface area contributed by atoms with Gasteiger partial charge in [-0.1, -0.05) is 0 Å². The highest BCUT2D eigenvalue weighted by Gasteiger charge is 2.01.